The minimum absolute atomic E-state index is 0.0607. The predicted octanol–water partition coefficient (Wildman–Crippen LogP) is 4.21. The highest BCUT2D eigenvalue weighted by atomic mass is 19.3. The van der Waals surface area contributed by atoms with E-state index in [1.165, 1.54) is 29.2 Å². The first-order valence-corrected chi connectivity index (χ1v) is 9.60. The average Bonchev–Trinajstić information content (AvgIpc) is 3.40. The largest absolute Gasteiger partial charge is 0.447 e. The summed E-state index contributed by atoms with van der Waals surface area (Å²) >= 11 is 0. The summed E-state index contributed by atoms with van der Waals surface area (Å²) in [7, 11) is 0. The van der Waals surface area contributed by atoms with E-state index in [9.17, 15) is 22.4 Å². The maximum Gasteiger partial charge on any atom is 0.416 e. The minimum atomic E-state index is -2.90. The molecule has 32 heavy (non-hydrogen) atoms. The van der Waals surface area contributed by atoms with Gasteiger partial charge < -0.3 is 14.6 Å². The number of hydrogen-bond acceptors (Lipinski definition) is 6. The van der Waals surface area contributed by atoms with Crippen molar-refractivity contribution in [1.82, 2.24) is 19.5 Å². The molecule has 4 rings (SSSR count). The fourth-order valence-corrected chi connectivity index (χ4v) is 3.23. The van der Waals surface area contributed by atoms with Gasteiger partial charge in [0.05, 0.1) is 23.6 Å². The summed E-state index contributed by atoms with van der Waals surface area (Å²) in [4.78, 5) is 25.6. The van der Waals surface area contributed by atoms with Crippen LogP contribution in [0.2, 0.25) is 0 Å². The number of hydrogen-bond donors (Lipinski definition) is 1. The molecule has 1 aliphatic heterocycles. The number of cyclic esters (lactones) is 1. The number of rotatable bonds is 7. The van der Waals surface area contributed by atoms with Gasteiger partial charge in [-0.25, -0.2) is 32.3 Å². The summed E-state index contributed by atoms with van der Waals surface area (Å²) in [5.41, 5.74) is 0.207. The topological polar surface area (TPSA) is 85.2 Å². The van der Waals surface area contributed by atoms with E-state index >= 15 is 0 Å². The maximum absolute atomic E-state index is 13.9. The van der Waals surface area contributed by atoms with E-state index in [1.807, 2.05) is 0 Å². The van der Waals surface area contributed by atoms with Gasteiger partial charge in [-0.1, -0.05) is 0 Å². The van der Waals surface area contributed by atoms with Crippen LogP contribution in [0.4, 0.5) is 34.1 Å². The number of imidazole rings is 1. The fraction of sp³-hybridized carbons (Fsp3) is 0.300. The predicted molar refractivity (Wildman–Crippen MR) is 106 cm³/mol. The molecule has 8 nitrogen and oxygen atoms in total. The molecule has 1 saturated heterocycles. The number of ether oxygens (including phenoxy) is 1. The van der Waals surface area contributed by atoms with Crippen molar-refractivity contribution in [3.8, 4) is 5.69 Å². The molecule has 1 N–H and O–H groups in total. The van der Waals surface area contributed by atoms with E-state index in [-0.39, 0.29) is 18.4 Å². The van der Waals surface area contributed by atoms with Crippen LogP contribution in [0.5, 0.6) is 0 Å². The van der Waals surface area contributed by atoms with Gasteiger partial charge in [0.2, 0.25) is 5.95 Å². The van der Waals surface area contributed by atoms with Crippen LogP contribution in [-0.4, -0.2) is 44.9 Å². The minimum Gasteiger partial charge on any atom is -0.447 e. The summed E-state index contributed by atoms with van der Waals surface area (Å²) < 4.78 is 58.9. The van der Waals surface area contributed by atoms with E-state index < -0.39 is 42.7 Å². The number of benzene rings is 1. The van der Waals surface area contributed by atoms with Crippen LogP contribution in [0.3, 0.4) is 0 Å². The number of carbonyl (C=O) groups excluding carboxylic acids is 1. The van der Waals surface area contributed by atoms with Crippen molar-refractivity contribution < 1.29 is 27.1 Å². The molecular weight excluding hydrogens is 432 g/mol. The highest BCUT2D eigenvalue weighted by Crippen LogP contribution is 2.26. The number of alkyl halides is 3. The number of anilines is 2. The third kappa shape index (κ3) is 4.20. The summed E-state index contributed by atoms with van der Waals surface area (Å²) in [6, 6.07) is 3.72. The molecule has 1 amide bonds. The molecular formula is C20H18F4N6O2. The van der Waals surface area contributed by atoms with Gasteiger partial charge in [0.1, 0.15) is 31.0 Å². The summed E-state index contributed by atoms with van der Waals surface area (Å²) in [6.07, 6.45) is 0.868. The highest BCUT2D eigenvalue weighted by molar-refractivity contribution is 5.89. The van der Waals surface area contributed by atoms with E-state index in [0.717, 1.165) is 17.0 Å². The Balaban J connectivity index is 1.50. The molecule has 0 aliphatic carbocycles. The van der Waals surface area contributed by atoms with Crippen LogP contribution in [0.25, 0.3) is 5.69 Å². The van der Waals surface area contributed by atoms with Crippen LogP contribution in [0, 0.1) is 5.82 Å². The molecule has 3 heterocycles. The second kappa shape index (κ2) is 8.81. The third-order valence-electron chi connectivity index (χ3n) is 4.94. The molecule has 1 aliphatic rings. The average molecular weight is 450 g/mol. The molecule has 2 atom stereocenters. The second-order valence-corrected chi connectivity index (χ2v) is 7.07. The molecule has 0 bridgehead atoms. The van der Waals surface area contributed by atoms with Crippen LogP contribution in [-0.2, 0) is 4.74 Å². The molecule has 3 aromatic rings. The van der Waals surface area contributed by atoms with Gasteiger partial charge in [-0.15, -0.1) is 0 Å². The molecule has 12 heteroatoms. The Kier molecular flexibility index (Phi) is 5.93. The first kappa shape index (κ1) is 21.5. The van der Waals surface area contributed by atoms with E-state index in [4.69, 9.17) is 4.74 Å². The Bertz CT molecular complexity index is 1120. The highest BCUT2D eigenvalue weighted by Gasteiger charge is 2.35. The lowest BCUT2D eigenvalue weighted by molar-refractivity contribution is 0.146. The standard InChI is InChI=1S/C20H18F4N6O2/c1-11(16-8-29(10-26-16)12-2-3-14(18(23)24)15(22)6-12)27-19-25-5-4-17(28-19)30-13(7-21)9-32-20(30)31/h2-6,8,10-11,13,18H,7,9H2,1H3,(H,25,27,28)/t11-,13?/m0/s1. The van der Waals surface area contributed by atoms with Crippen molar-refractivity contribution in [2.24, 2.45) is 0 Å². The smallest absolute Gasteiger partial charge is 0.416 e. The lowest BCUT2D eigenvalue weighted by Crippen LogP contribution is -2.35. The Morgan fingerprint density at radius 2 is 2.09 bits per heavy atom. The first-order valence-electron chi connectivity index (χ1n) is 9.60. The molecule has 0 radical (unpaired) electrons. The Morgan fingerprint density at radius 1 is 1.28 bits per heavy atom. The van der Waals surface area contributed by atoms with Gasteiger partial charge in [0.15, 0.2) is 0 Å². The normalized spacial score (nSPS) is 17.0. The number of nitrogens with zero attached hydrogens (tertiary/aromatic N) is 5. The van der Waals surface area contributed by atoms with Crippen molar-refractivity contribution in [3.05, 3.63) is 60.1 Å². The summed E-state index contributed by atoms with van der Waals surface area (Å²) in [5, 5.41) is 3.03. The summed E-state index contributed by atoms with van der Waals surface area (Å²) in [6.45, 7) is 0.942. The first-order chi connectivity index (χ1) is 15.4. The van der Waals surface area contributed by atoms with Crippen molar-refractivity contribution in [3.63, 3.8) is 0 Å². The molecule has 2 aromatic heterocycles. The van der Waals surface area contributed by atoms with Crippen molar-refractivity contribution in [1.29, 1.82) is 0 Å². The molecule has 1 unspecified atom stereocenters. The zero-order valence-corrected chi connectivity index (χ0v) is 16.8. The van der Waals surface area contributed by atoms with Crippen LogP contribution >= 0.6 is 0 Å². The van der Waals surface area contributed by atoms with Gasteiger partial charge in [-0.3, -0.25) is 4.90 Å². The zero-order valence-electron chi connectivity index (χ0n) is 16.8. The van der Waals surface area contributed by atoms with Crippen LogP contribution in [0.1, 0.15) is 30.6 Å². The van der Waals surface area contributed by atoms with Crippen molar-refractivity contribution in [2.45, 2.75) is 25.4 Å². The molecule has 1 fully saturated rings. The maximum atomic E-state index is 13.9. The number of nitrogens with one attached hydrogen (secondary N) is 1. The molecule has 0 spiro atoms. The monoisotopic (exact) mass is 450 g/mol. The molecule has 168 valence electrons. The number of carbonyl (C=O) groups is 1. The third-order valence-corrected chi connectivity index (χ3v) is 4.94. The number of amides is 1. The quantitative estimate of drug-likeness (QED) is 0.543. The zero-order chi connectivity index (χ0) is 22.8. The lowest BCUT2D eigenvalue weighted by atomic mass is 10.2. The number of halogens is 4. The molecule has 1 aromatic carbocycles. The van der Waals surface area contributed by atoms with Gasteiger partial charge >= 0.3 is 6.09 Å². The van der Waals surface area contributed by atoms with Gasteiger partial charge in [-0.2, -0.15) is 4.98 Å². The van der Waals surface area contributed by atoms with Gasteiger partial charge in [-0.05, 0) is 31.2 Å². The van der Waals surface area contributed by atoms with Crippen LogP contribution < -0.4 is 10.2 Å². The van der Waals surface area contributed by atoms with E-state index in [1.54, 1.807) is 13.1 Å². The Hall–Kier alpha value is -3.70. The number of aromatic nitrogens is 4. The lowest BCUT2D eigenvalue weighted by Gasteiger charge is -2.19. The van der Waals surface area contributed by atoms with Crippen molar-refractivity contribution in [2.75, 3.05) is 23.5 Å². The SMILES string of the molecule is C[C@H](Nc1nccc(N2C(=O)OCC2CF)n1)c1cn(-c2ccc(C(F)F)c(F)c2)cn1. The Morgan fingerprint density at radius 3 is 2.81 bits per heavy atom. The van der Waals surface area contributed by atoms with Gasteiger partial charge in [0.25, 0.3) is 6.43 Å². The second-order valence-electron chi connectivity index (χ2n) is 7.07. The van der Waals surface area contributed by atoms with Crippen molar-refractivity contribution >= 4 is 17.9 Å². The Labute approximate surface area is 179 Å². The fourth-order valence-electron chi connectivity index (χ4n) is 3.23. The van der Waals surface area contributed by atoms with Crippen LogP contribution in [0.15, 0.2) is 43.0 Å². The van der Waals surface area contributed by atoms with E-state index in [2.05, 4.69) is 20.3 Å². The molecule has 0 saturated carbocycles. The van der Waals surface area contributed by atoms with Gasteiger partial charge in [0, 0.05) is 18.1 Å². The van der Waals surface area contributed by atoms with E-state index in [0.29, 0.717) is 11.4 Å². The summed E-state index contributed by atoms with van der Waals surface area (Å²) in [5.74, 6) is -0.634.